The number of anilines is 2. The van der Waals surface area contributed by atoms with E-state index in [2.05, 4.69) is 5.32 Å². The number of imide groups is 1. The van der Waals surface area contributed by atoms with Crippen LogP contribution in [0.4, 0.5) is 15.8 Å². The summed E-state index contributed by atoms with van der Waals surface area (Å²) < 4.78 is 13.4. The van der Waals surface area contributed by atoms with E-state index in [-0.39, 0.29) is 5.70 Å². The van der Waals surface area contributed by atoms with Crippen LogP contribution < -0.4 is 10.2 Å². The lowest BCUT2D eigenvalue weighted by atomic mass is 10.0. The standard InChI is InChI=1S/C25H21FN2O2/c1-15-4-6-18(7-5-15)22-23(27-20-13-16(2)12-17(3)14-20)25(30)28(24(22)29)21-10-8-19(26)9-11-21/h4-14,27H,1-3H3. The number of nitrogens with zero attached hydrogens (tertiary/aromatic N) is 1. The normalized spacial score (nSPS) is 13.9. The molecule has 2 amide bonds. The Labute approximate surface area is 174 Å². The molecule has 0 spiro atoms. The summed E-state index contributed by atoms with van der Waals surface area (Å²) >= 11 is 0. The molecule has 0 saturated carbocycles. The van der Waals surface area contributed by atoms with Gasteiger partial charge in [-0.05, 0) is 73.9 Å². The van der Waals surface area contributed by atoms with Crippen LogP contribution in [0.15, 0.2) is 72.4 Å². The van der Waals surface area contributed by atoms with Gasteiger partial charge in [-0.1, -0.05) is 35.9 Å². The lowest BCUT2D eigenvalue weighted by Gasteiger charge is -2.15. The first-order valence-electron chi connectivity index (χ1n) is 9.64. The van der Waals surface area contributed by atoms with Gasteiger partial charge in [0.05, 0.1) is 11.3 Å². The first kappa shape index (κ1) is 19.6. The fourth-order valence-corrected chi connectivity index (χ4v) is 3.65. The van der Waals surface area contributed by atoms with Crippen molar-refractivity contribution in [3.63, 3.8) is 0 Å². The Morgan fingerprint density at radius 3 is 1.93 bits per heavy atom. The van der Waals surface area contributed by atoms with Gasteiger partial charge in [0.15, 0.2) is 0 Å². The van der Waals surface area contributed by atoms with Gasteiger partial charge in [0.2, 0.25) is 0 Å². The maximum absolute atomic E-state index is 13.4. The zero-order valence-electron chi connectivity index (χ0n) is 17.0. The molecule has 150 valence electrons. The molecule has 1 aliphatic rings. The van der Waals surface area contributed by atoms with Crippen LogP contribution >= 0.6 is 0 Å². The van der Waals surface area contributed by atoms with Crippen molar-refractivity contribution in [1.29, 1.82) is 0 Å². The third-order valence-electron chi connectivity index (χ3n) is 5.00. The molecule has 0 fully saturated rings. The summed E-state index contributed by atoms with van der Waals surface area (Å²) in [6.07, 6.45) is 0. The molecule has 3 aromatic rings. The maximum atomic E-state index is 13.4. The minimum Gasteiger partial charge on any atom is -0.350 e. The quantitative estimate of drug-likeness (QED) is 0.617. The average Bonchev–Trinajstić information content (AvgIpc) is 2.93. The SMILES string of the molecule is Cc1ccc(C2=C(Nc3cc(C)cc(C)c3)C(=O)N(c3ccc(F)cc3)C2=O)cc1. The maximum Gasteiger partial charge on any atom is 0.282 e. The lowest BCUT2D eigenvalue weighted by molar-refractivity contribution is -0.120. The summed E-state index contributed by atoms with van der Waals surface area (Å²) in [4.78, 5) is 27.7. The summed E-state index contributed by atoms with van der Waals surface area (Å²) in [6.45, 7) is 5.90. The molecule has 1 N–H and O–H groups in total. The van der Waals surface area contributed by atoms with Crippen LogP contribution in [-0.4, -0.2) is 11.8 Å². The van der Waals surface area contributed by atoms with Crippen LogP contribution in [0, 0.1) is 26.6 Å². The Morgan fingerprint density at radius 2 is 1.33 bits per heavy atom. The van der Waals surface area contributed by atoms with Gasteiger partial charge in [0.1, 0.15) is 11.5 Å². The van der Waals surface area contributed by atoms with Crippen LogP contribution in [0.1, 0.15) is 22.3 Å². The second-order valence-corrected chi connectivity index (χ2v) is 7.54. The number of hydrogen-bond donors (Lipinski definition) is 1. The van der Waals surface area contributed by atoms with Gasteiger partial charge < -0.3 is 5.32 Å². The average molecular weight is 400 g/mol. The van der Waals surface area contributed by atoms with E-state index in [1.54, 1.807) is 0 Å². The molecule has 1 aliphatic heterocycles. The fourth-order valence-electron chi connectivity index (χ4n) is 3.65. The Balaban J connectivity index is 1.83. The number of carbonyl (C=O) groups excluding carboxylic acids is 2. The molecular formula is C25H21FN2O2. The minimum atomic E-state index is -0.471. The molecule has 0 bridgehead atoms. The zero-order chi connectivity index (χ0) is 21.4. The van der Waals surface area contributed by atoms with E-state index < -0.39 is 17.6 Å². The van der Waals surface area contributed by atoms with E-state index in [0.29, 0.717) is 16.8 Å². The van der Waals surface area contributed by atoms with Gasteiger partial charge in [0.25, 0.3) is 11.8 Å². The van der Waals surface area contributed by atoms with Crippen LogP contribution in [0.3, 0.4) is 0 Å². The monoisotopic (exact) mass is 400 g/mol. The molecule has 30 heavy (non-hydrogen) atoms. The molecular weight excluding hydrogens is 379 g/mol. The first-order valence-corrected chi connectivity index (χ1v) is 9.64. The van der Waals surface area contributed by atoms with Crippen molar-refractivity contribution in [2.24, 2.45) is 0 Å². The molecule has 0 aromatic heterocycles. The molecule has 0 saturated heterocycles. The molecule has 3 aromatic carbocycles. The van der Waals surface area contributed by atoms with Crippen molar-refractivity contribution in [2.75, 3.05) is 10.2 Å². The first-order chi connectivity index (χ1) is 14.3. The summed E-state index contributed by atoms with van der Waals surface area (Å²) in [5.41, 5.74) is 5.35. The number of benzene rings is 3. The van der Waals surface area contributed by atoms with Crippen molar-refractivity contribution in [3.05, 3.63) is 100 Å². The van der Waals surface area contributed by atoms with Crippen molar-refractivity contribution < 1.29 is 14.0 Å². The number of halogens is 1. The third-order valence-corrected chi connectivity index (χ3v) is 5.00. The topological polar surface area (TPSA) is 49.4 Å². The number of aryl methyl sites for hydroxylation is 3. The highest BCUT2D eigenvalue weighted by Crippen LogP contribution is 2.34. The molecule has 4 rings (SSSR count). The van der Waals surface area contributed by atoms with Gasteiger partial charge >= 0.3 is 0 Å². The van der Waals surface area contributed by atoms with Crippen LogP contribution in [0.2, 0.25) is 0 Å². The van der Waals surface area contributed by atoms with Gasteiger partial charge in [-0.2, -0.15) is 0 Å². The van der Waals surface area contributed by atoms with Gasteiger partial charge in [-0.25, -0.2) is 9.29 Å². The number of hydrogen-bond acceptors (Lipinski definition) is 3. The highest BCUT2D eigenvalue weighted by molar-refractivity contribution is 6.46. The van der Waals surface area contributed by atoms with E-state index in [1.807, 2.05) is 63.2 Å². The Hall–Kier alpha value is -3.73. The van der Waals surface area contributed by atoms with Gasteiger partial charge in [0, 0.05) is 5.69 Å². The minimum absolute atomic E-state index is 0.207. The van der Waals surface area contributed by atoms with Crippen molar-refractivity contribution in [3.8, 4) is 0 Å². The smallest absolute Gasteiger partial charge is 0.282 e. The second kappa shape index (κ2) is 7.59. The Kier molecular flexibility index (Phi) is 4.96. The predicted octanol–water partition coefficient (Wildman–Crippen LogP) is 5.15. The third kappa shape index (κ3) is 3.62. The fraction of sp³-hybridized carbons (Fsp3) is 0.120. The highest BCUT2D eigenvalue weighted by atomic mass is 19.1. The van der Waals surface area contributed by atoms with Gasteiger partial charge in [-0.3, -0.25) is 9.59 Å². The summed E-state index contributed by atoms with van der Waals surface area (Å²) in [7, 11) is 0. The number of amides is 2. The molecule has 0 aliphatic carbocycles. The highest BCUT2D eigenvalue weighted by Gasteiger charge is 2.40. The van der Waals surface area contributed by atoms with Crippen LogP contribution in [0.5, 0.6) is 0 Å². The van der Waals surface area contributed by atoms with E-state index in [0.717, 1.165) is 27.3 Å². The number of carbonyl (C=O) groups is 2. The van der Waals surface area contributed by atoms with Crippen molar-refractivity contribution in [2.45, 2.75) is 20.8 Å². The molecule has 0 atom stereocenters. The van der Waals surface area contributed by atoms with E-state index >= 15 is 0 Å². The predicted molar refractivity (Wildman–Crippen MR) is 117 cm³/mol. The summed E-state index contributed by atoms with van der Waals surface area (Å²) in [5, 5.41) is 3.17. The van der Waals surface area contributed by atoms with Crippen molar-refractivity contribution in [1.82, 2.24) is 0 Å². The molecule has 1 heterocycles. The van der Waals surface area contributed by atoms with Crippen molar-refractivity contribution >= 4 is 28.8 Å². The van der Waals surface area contributed by atoms with E-state index in [9.17, 15) is 14.0 Å². The van der Waals surface area contributed by atoms with E-state index in [4.69, 9.17) is 0 Å². The van der Waals surface area contributed by atoms with Gasteiger partial charge in [-0.15, -0.1) is 0 Å². The van der Waals surface area contributed by atoms with E-state index in [1.165, 1.54) is 24.3 Å². The lowest BCUT2D eigenvalue weighted by Crippen LogP contribution is -2.32. The summed E-state index contributed by atoms with van der Waals surface area (Å²) in [5.74, 6) is -1.35. The molecule has 5 heteroatoms. The zero-order valence-corrected chi connectivity index (χ0v) is 17.0. The molecule has 0 radical (unpaired) electrons. The number of rotatable bonds is 4. The Bertz CT molecular complexity index is 1160. The Morgan fingerprint density at radius 1 is 0.733 bits per heavy atom. The molecule has 0 unspecified atom stereocenters. The largest absolute Gasteiger partial charge is 0.350 e. The number of nitrogens with one attached hydrogen (secondary N) is 1. The molecule has 4 nitrogen and oxygen atoms in total. The van der Waals surface area contributed by atoms with Crippen LogP contribution in [0.25, 0.3) is 5.57 Å². The second-order valence-electron chi connectivity index (χ2n) is 7.54. The van der Waals surface area contributed by atoms with Crippen LogP contribution in [-0.2, 0) is 9.59 Å². The summed E-state index contributed by atoms with van der Waals surface area (Å²) in [6, 6.07) is 18.6.